The first-order chi connectivity index (χ1) is 17.6. The number of rotatable bonds is 4. The van der Waals surface area contributed by atoms with Gasteiger partial charge in [0.15, 0.2) is 17.1 Å². The van der Waals surface area contributed by atoms with Gasteiger partial charge in [-0.25, -0.2) is 4.39 Å². The number of aliphatic hydroxyl groups is 3. The summed E-state index contributed by atoms with van der Waals surface area (Å²) in [5, 5.41) is 46.8. The minimum Gasteiger partial charge on any atom is -0.508 e. The van der Waals surface area contributed by atoms with Gasteiger partial charge in [-0.05, 0) is 45.7 Å². The summed E-state index contributed by atoms with van der Waals surface area (Å²) in [6.07, 6.45) is 0.432. The van der Waals surface area contributed by atoms with Gasteiger partial charge >= 0.3 is 0 Å². The number of nitrogens with one attached hydrogen (secondary N) is 1. The number of aliphatic hydroxyl groups excluding tert-OH is 2. The van der Waals surface area contributed by atoms with Crippen molar-refractivity contribution >= 4 is 34.8 Å². The second kappa shape index (κ2) is 8.09. The van der Waals surface area contributed by atoms with Crippen molar-refractivity contribution in [3.05, 3.63) is 39.9 Å². The molecule has 0 heterocycles. The highest BCUT2D eigenvalue weighted by atomic mass is 19.1. The van der Waals surface area contributed by atoms with E-state index in [1.54, 1.807) is 0 Å². The number of halogens is 1. The van der Waals surface area contributed by atoms with Crippen LogP contribution in [0.15, 0.2) is 23.0 Å². The fourth-order valence-corrected chi connectivity index (χ4v) is 5.97. The van der Waals surface area contributed by atoms with Crippen molar-refractivity contribution in [3.8, 4) is 5.75 Å². The number of nitrogens with zero attached hydrogens (tertiary/aromatic N) is 1. The van der Waals surface area contributed by atoms with Crippen molar-refractivity contribution in [1.82, 2.24) is 4.90 Å². The zero-order chi connectivity index (χ0) is 28.1. The molecule has 0 aliphatic heterocycles. The maximum absolute atomic E-state index is 15.3. The Morgan fingerprint density at radius 2 is 1.82 bits per heavy atom. The molecule has 4 aliphatic rings. The van der Waals surface area contributed by atoms with E-state index in [4.69, 9.17) is 11.5 Å². The number of Topliss-reactive ketones (excluding diaryl/α,β-unsaturated/α-hetero) is 2. The van der Waals surface area contributed by atoms with Gasteiger partial charge in [-0.1, -0.05) is 0 Å². The zero-order valence-corrected chi connectivity index (χ0v) is 20.5. The molecule has 5 rings (SSSR count). The number of fused-ring (bicyclic) bond motifs is 3. The van der Waals surface area contributed by atoms with Gasteiger partial charge in [-0.3, -0.25) is 24.1 Å². The third-order valence-corrected chi connectivity index (χ3v) is 8.16. The summed E-state index contributed by atoms with van der Waals surface area (Å²) in [7, 11) is 2.96. The lowest BCUT2D eigenvalue weighted by atomic mass is 9.57. The number of aromatic hydroxyl groups is 1. The highest BCUT2D eigenvalue weighted by Gasteiger charge is 2.64. The van der Waals surface area contributed by atoms with E-state index in [9.17, 15) is 39.6 Å². The molecule has 12 nitrogen and oxygen atoms in total. The van der Waals surface area contributed by atoms with Crippen LogP contribution in [0.3, 0.4) is 0 Å². The standard InChI is InChI=1S/C25H27FN4O8/c1-30(2)16-10-6-8-5-9-11(26)7-12(29-23(37)24(28)3-4-24)17(31)14(9)18(32)13(8)20(34)25(10,38)21(35)15(19(16)33)22(27)36/h7-8,10,16,31-32,35,38H,3-6,28H2,1-2H3,(H2,27,36)(H,29,37)/t8-,10-,16-,25-/m0/s1. The predicted molar refractivity (Wildman–Crippen MR) is 129 cm³/mol. The van der Waals surface area contributed by atoms with Crippen LogP contribution >= 0.6 is 0 Å². The Morgan fingerprint density at radius 1 is 1.18 bits per heavy atom. The topological polar surface area (TPSA) is 217 Å². The van der Waals surface area contributed by atoms with Gasteiger partial charge in [0.1, 0.15) is 22.9 Å². The number of phenols is 1. The third-order valence-electron chi connectivity index (χ3n) is 8.16. The highest BCUT2D eigenvalue weighted by molar-refractivity contribution is 6.24. The number of phenolic OH excluding ortho intramolecular Hbond substituents is 1. The van der Waals surface area contributed by atoms with Gasteiger partial charge < -0.3 is 37.2 Å². The van der Waals surface area contributed by atoms with Crippen LogP contribution in [0, 0.1) is 17.7 Å². The number of hydrogen-bond acceptors (Lipinski definition) is 10. The summed E-state index contributed by atoms with van der Waals surface area (Å²) in [5.41, 5.74) is 4.87. The maximum atomic E-state index is 15.3. The van der Waals surface area contributed by atoms with Crippen LogP contribution in [0.1, 0.15) is 30.4 Å². The number of nitrogens with two attached hydrogens (primary N) is 2. The van der Waals surface area contributed by atoms with Gasteiger partial charge in [0, 0.05) is 23.1 Å². The van der Waals surface area contributed by atoms with Crippen LogP contribution in [0.5, 0.6) is 5.75 Å². The Labute approximate surface area is 215 Å². The third kappa shape index (κ3) is 3.32. The van der Waals surface area contributed by atoms with Gasteiger partial charge in [0.2, 0.25) is 11.7 Å². The lowest BCUT2D eigenvalue weighted by Gasteiger charge is -2.50. The first-order valence-corrected chi connectivity index (χ1v) is 11.9. The minimum atomic E-state index is -2.80. The fourth-order valence-electron chi connectivity index (χ4n) is 5.97. The van der Waals surface area contributed by atoms with E-state index in [2.05, 4.69) is 5.32 Å². The van der Waals surface area contributed by atoms with Gasteiger partial charge in [-0.2, -0.15) is 0 Å². The average molecular weight is 531 g/mol. The molecule has 2 fully saturated rings. The Morgan fingerprint density at radius 3 is 2.37 bits per heavy atom. The van der Waals surface area contributed by atoms with Gasteiger partial charge in [-0.15, -0.1) is 0 Å². The molecule has 4 atom stereocenters. The van der Waals surface area contributed by atoms with Crippen molar-refractivity contribution in [3.63, 3.8) is 0 Å². The first-order valence-electron chi connectivity index (χ1n) is 11.9. The molecule has 1 aromatic carbocycles. The molecular formula is C25H27FN4O8. The Hall–Kier alpha value is -3.81. The number of hydrogen-bond donors (Lipinski definition) is 7. The summed E-state index contributed by atoms with van der Waals surface area (Å²) in [5.74, 6) is -9.95. The molecule has 0 aromatic heterocycles. The van der Waals surface area contributed by atoms with Crippen LogP contribution < -0.4 is 16.8 Å². The average Bonchev–Trinajstić information content (AvgIpc) is 3.57. The zero-order valence-electron chi connectivity index (χ0n) is 20.5. The molecule has 9 N–H and O–H groups in total. The van der Waals surface area contributed by atoms with Crippen molar-refractivity contribution < 1.29 is 44.0 Å². The molecule has 2 saturated carbocycles. The van der Waals surface area contributed by atoms with E-state index >= 15 is 4.39 Å². The lowest BCUT2D eigenvalue weighted by molar-refractivity contribution is -0.153. The van der Waals surface area contributed by atoms with Crippen molar-refractivity contribution in [1.29, 1.82) is 0 Å². The number of anilines is 1. The Bertz CT molecular complexity index is 1410. The van der Waals surface area contributed by atoms with Crippen molar-refractivity contribution in [2.75, 3.05) is 19.4 Å². The largest absolute Gasteiger partial charge is 0.508 e. The van der Waals surface area contributed by atoms with Crippen molar-refractivity contribution in [2.24, 2.45) is 23.3 Å². The van der Waals surface area contributed by atoms with Crippen LogP contribution in [-0.2, 0) is 25.6 Å². The van der Waals surface area contributed by atoms with E-state index < -0.39 is 92.2 Å². The minimum absolute atomic E-state index is 0.139. The second-order valence-electron chi connectivity index (χ2n) is 10.7. The fraction of sp³-hybridized carbons (Fsp3) is 0.440. The first kappa shape index (κ1) is 25.8. The maximum Gasteiger partial charge on any atom is 0.255 e. The molecule has 1 aromatic rings. The predicted octanol–water partition coefficient (Wildman–Crippen LogP) is -0.467. The molecule has 0 unspecified atom stereocenters. The van der Waals surface area contributed by atoms with Gasteiger partial charge in [0.05, 0.1) is 22.8 Å². The van der Waals surface area contributed by atoms with Gasteiger partial charge in [0.25, 0.3) is 5.91 Å². The quantitative estimate of drug-likeness (QED) is 0.196. The number of carbonyl (C=O) groups is 4. The number of ketones is 2. The molecule has 38 heavy (non-hydrogen) atoms. The van der Waals surface area contributed by atoms with E-state index in [-0.39, 0.29) is 24.1 Å². The molecule has 0 saturated heterocycles. The summed E-state index contributed by atoms with van der Waals surface area (Å²) in [6, 6.07) is -0.355. The molecule has 0 spiro atoms. The summed E-state index contributed by atoms with van der Waals surface area (Å²) in [4.78, 5) is 52.6. The van der Waals surface area contributed by atoms with Crippen LogP contribution in [-0.4, -0.2) is 80.0 Å². The molecule has 4 aliphatic carbocycles. The number of benzene rings is 1. The van der Waals surface area contributed by atoms with Crippen LogP contribution in [0.25, 0.3) is 5.76 Å². The smallest absolute Gasteiger partial charge is 0.255 e. The molecule has 0 bridgehead atoms. The SMILES string of the molecule is CN(C)[C@@H]1C(=O)C(C(N)=O)=C(O)[C@@]2(O)C(=O)C3=C(O)c4c(O)c(NC(=O)C5(N)CC5)cc(F)c4C[C@H]3C[C@@H]12. The normalized spacial score (nSPS) is 29.6. The van der Waals surface area contributed by atoms with Crippen LogP contribution in [0.2, 0.25) is 0 Å². The number of amides is 2. The Kier molecular flexibility index (Phi) is 5.50. The molecule has 2 amide bonds. The van der Waals surface area contributed by atoms with Crippen LogP contribution in [0.4, 0.5) is 10.1 Å². The van der Waals surface area contributed by atoms with Crippen molar-refractivity contribution in [2.45, 2.75) is 42.9 Å². The molecule has 202 valence electrons. The summed E-state index contributed by atoms with van der Waals surface area (Å²) >= 11 is 0. The number of likely N-dealkylation sites (N-methyl/N-ethyl adjacent to an activating group) is 1. The van der Waals surface area contributed by atoms with E-state index in [1.807, 2.05) is 0 Å². The molecule has 13 heteroatoms. The highest BCUT2D eigenvalue weighted by Crippen LogP contribution is 2.53. The summed E-state index contributed by atoms with van der Waals surface area (Å²) in [6.45, 7) is 0. The Balaban J connectivity index is 1.67. The summed E-state index contributed by atoms with van der Waals surface area (Å²) < 4.78 is 15.3. The van der Waals surface area contributed by atoms with E-state index in [0.29, 0.717) is 12.8 Å². The van der Waals surface area contributed by atoms with E-state index in [1.165, 1.54) is 19.0 Å². The van der Waals surface area contributed by atoms with E-state index in [0.717, 1.165) is 6.07 Å². The molecular weight excluding hydrogens is 503 g/mol. The monoisotopic (exact) mass is 530 g/mol. The second-order valence-corrected chi connectivity index (χ2v) is 10.7. The molecule has 0 radical (unpaired) electrons. The lowest BCUT2D eigenvalue weighted by Crippen LogP contribution is -2.65. The number of carbonyl (C=O) groups excluding carboxylic acids is 4. The number of primary amides is 1.